The van der Waals surface area contributed by atoms with Gasteiger partial charge < -0.3 is 5.32 Å². The maximum absolute atomic E-state index is 4.54. The van der Waals surface area contributed by atoms with Crippen LogP contribution in [0.2, 0.25) is 0 Å². The average Bonchev–Trinajstić information content (AvgIpc) is 2.92. The maximum atomic E-state index is 4.54. The number of aryl methyl sites for hydroxylation is 2. The lowest BCUT2D eigenvalue weighted by atomic mass is 10.2. The predicted octanol–water partition coefficient (Wildman–Crippen LogP) is 3.46. The highest BCUT2D eigenvalue weighted by Crippen LogP contribution is 2.21. The molecule has 0 radical (unpaired) electrons. The molecule has 17 heavy (non-hydrogen) atoms. The van der Waals surface area contributed by atoms with Gasteiger partial charge in [0.15, 0.2) is 0 Å². The quantitative estimate of drug-likeness (QED) is 0.901. The van der Waals surface area contributed by atoms with Gasteiger partial charge in [-0.05, 0) is 20.3 Å². The molecule has 2 aromatic rings. The van der Waals surface area contributed by atoms with Crippen LogP contribution in [0.15, 0.2) is 11.6 Å². The largest absolute Gasteiger partial charge is 0.301 e. The van der Waals surface area contributed by atoms with Gasteiger partial charge in [-0.25, -0.2) is 9.97 Å². The molecule has 0 saturated carbocycles. The van der Waals surface area contributed by atoms with Gasteiger partial charge in [-0.2, -0.15) is 0 Å². The molecule has 0 aliphatic heterocycles. The molecule has 1 atom stereocenters. The van der Waals surface area contributed by atoms with Gasteiger partial charge >= 0.3 is 0 Å². The van der Waals surface area contributed by atoms with Crippen molar-refractivity contribution in [1.29, 1.82) is 0 Å². The topological polar surface area (TPSA) is 37.8 Å². The van der Waals surface area contributed by atoms with E-state index in [0.717, 1.165) is 28.7 Å². The van der Waals surface area contributed by atoms with E-state index in [0.29, 0.717) is 6.04 Å². The van der Waals surface area contributed by atoms with Gasteiger partial charge in [0.2, 0.25) is 0 Å². The van der Waals surface area contributed by atoms with Crippen LogP contribution in [0, 0.1) is 13.8 Å². The van der Waals surface area contributed by atoms with Crippen molar-refractivity contribution in [3.63, 3.8) is 0 Å². The highest BCUT2D eigenvalue weighted by molar-refractivity contribution is 7.11. The van der Waals surface area contributed by atoms with E-state index in [9.17, 15) is 0 Å². The van der Waals surface area contributed by atoms with Crippen molar-refractivity contribution in [2.75, 3.05) is 0 Å². The molecule has 0 aliphatic carbocycles. The van der Waals surface area contributed by atoms with E-state index in [-0.39, 0.29) is 0 Å². The Labute approximate surface area is 110 Å². The Kier molecular flexibility index (Phi) is 4.25. The number of aromatic nitrogens is 2. The number of hydrogen-bond donors (Lipinski definition) is 1. The second kappa shape index (κ2) is 5.71. The fraction of sp³-hybridized carbons (Fsp3) is 0.500. The minimum Gasteiger partial charge on any atom is -0.301 e. The first-order valence-corrected chi connectivity index (χ1v) is 7.46. The molecule has 2 heterocycles. The molecular formula is C12H17N3S2. The zero-order valence-electron chi connectivity index (χ0n) is 10.4. The van der Waals surface area contributed by atoms with Crippen molar-refractivity contribution in [2.45, 2.75) is 39.8 Å². The molecule has 5 heteroatoms. The summed E-state index contributed by atoms with van der Waals surface area (Å²) in [6.45, 7) is 7.19. The summed E-state index contributed by atoms with van der Waals surface area (Å²) < 4.78 is 0. The summed E-state index contributed by atoms with van der Waals surface area (Å²) in [4.78, 5) is 10.2. The van der Waals surface area contributed by atoms with Gasteiger partial charge in [-0.15, -0.1) is 22.7 Å². The van der Waals surface area contributed by atoms with Crippen LogP contribution in [0.3, 0.4) is 0 Å². The Morgan fingerprint density at radius 2 is 2.24 bits per heavy atom. The summed E-state index contributed by atoms with van der Waals surface area (Å²) in [6.07, 6.45) is 2.92. The van der Waals surface area contributed by atoms with Crippen molar-refractivity contribution in [1.82, 2.24) is 15.3 Å². The first-order valence-electron chi connectivity index (χ1n) is 5.76. The summed E-state index contributed by atoms with van der Waals surface area (Å²) in [7, 11) is 0. The van der Waals surface area contributed by atoms with E-state index < -0.39 is 0 Å². The van der Waals surface area contributed by atoms with E-state index in [1.807, 2.05) is 11.6 Å². The number of hydrogen-bond acceptors (Lipinski definition) is 5. The highest BCUT2D eigenvalue weighted by atomic mass is 32.1. The molecule has 0 fully saturated rings. The van der Waals surface area contributed by atoms with Crippen LogP contribution in [0.25, 0.3) is 0 Å². The standard InChI is InChI=1S/C12H17N3S2/c1-4-10(12-13-5-6-16-12)14-7-11-15-8(2)9(3)17-11/h5-6,10,14H,4,7H2,1-3H3. The van der Waals surface area contributed by atoms with E-state index in [1.165, 1.54) is 4.88 Å². The minimum absolute atomic E-state index is 0.347. The van der Waals surface area contributed by atoms with E-state index in [2.05, 4.69) is 36.1 Å². The van der Waals surface area contributed by atoms with Crippen LogP contribution in [0.1, 0.15) is 40.0 Å². The zero-order chi connectivity index (χ0) is 12.3. The average molecular weight is 267 g/mol. The molecule has 1 N–H and O–H groups in total. The molecule has 1 unspecified atom stereocenters. The zero-order valence-corrected chi connectivity index (χ0v) is 12.0. The Balaban J connectivity index is 1.97. The molecule has 0 bridgehead atoms. The predicted molar refractivity (Wildman–Crippen MR) is 73.6 cm³/mol. The Morgan fingerprint density at radius 3 is 2.76 bits per heavy atom. The summed E-state index contributed by atoms with van der Waals surface area (Å²) in [5.41, 5.74) is 1.15. The van der Waals surface area contributed by atoms with Gasteiger partial charge in [0.25, 0.3) is 0 Å². The van der Waals surface area contributed by atoms with Crippen LogP contribution in [-0.2, 0) is 6.54 Å². The summed E-state index contributed by atoms with van der Waals surface area (Å²) >= 11 is 3.48. The molecule has 0 amide bonds. The molecule has 3 nitrogen and oxygen atoms in total. The number of nitrogens with zero attached hydrogens (tertiary/aromatic N) is 2. The van der Waals surface area contributed by atoms with Crippen LogP contribution in [0.4, 0.5) is 0 Å². The van der Waals surface area contributed by atoms with E-state index in [4.69, 9.17) is 0 Å². The lowest BCUT2D eigenvalue weighted by Crippen LogP contribution is -2.20. The van der Waals surface area contributed by atoms with Gasteiger partial charge in [0.05, 0.1) is 11.7 Å². The third kappa shape index (κ3) is 3.12. The molecule has 0 aromatic carbocycles. The Hall–Kier alpha value is -0.780. The number of nitrogens with one attached hydrogen (secondary N) is 1. The molecule has 0 aliphatic rings. The summed E-state index contributed by atoms with van der Waals surface area (Å²) in [6, 6.07) is 0.347. The second-order valence-corrected chi connectivity index (χ2v) is 6.18. The lowest BCUT2D eigenvalue weighted by Gasteiger charge is -2.12. The third-order valence-corrected chi connectivity index (χ3v) is 4.69. The van der Waals surface area contributed by atoms with Crippen molar-refractivity contribution in [3.05, 3.63) is 32.2 Å². The van der Waals surface area contributed by atoms with Gasteiger partial charge in [0.1, 0.15) is 10.0 Å². The van der Waals surface area contributed by atoms with Crippen LogP contribution in [0.5, 0.6) is 0 Å². The maximum Gasteiger partial charge on any atom is 0.109 e. The molecule has 2 aromatic heterocycles. The van der Waals surface area contributed by atoms with Crippen molar-refractivity contribution < 1.29 is 0 Å². The molecule has 92 valence electrons. The lowest BCUT2D eigenvalue weighted by molar-refractivity contribution is 0.515. The first kappa shape index (κ1) is 12.7. The van der Waals surface area contributed by atoms with Crippen LogP contribution >= 0.6 is 22.7 Å². The van der Waals surface area contributed by atoms with Crippen molar-refractivity contribution in [2.24, 2.45) is 0 Å². The second-order valence-electron chi connectivity index (χ2n) is 3.96. The van der Waals surface area contributed by atoms with Gasteiger partial charge in [-0.3, -0.25) is 0 Å². The van der Waals surface area contributed by atoms with Gasteiger partial charge in [-0.1, -0.05) is 6.92 Å². The summed E-state index contributed by atoms with van der Waals surface area (Å²) in [5.74, 6) is 0. The Bertz CT molecular complexity index is 443. The van der Waals surface area contributed by atoms with Gasteiger partial charge in [0, 0.05) is 23.0 Å². The minimum atomic E-state index is 0.347. The van der Waals surface area contributed by atoms with Crippen molar-refractivity contribution >= 4 is 22.7 Å². The third-order valence-electron chi connectivity index (χ3n) is 2.73. The smallest absolute Gasteiger partial charge is 0.109 e. The first-order chi connectivity index (χ1) is 8.20. The van der Waals surface area contributed by atoms with E-state index >= 15 is 0 Å². The normalized spacial score (nSPS) is 12.9. The number of thiazole rings is 2. The molecule has 2 rings (SSSR count). The molecular weight excluding hydrogens is 250 g/mol. The summed E-state index contributed by atoms with van der Waals surface area (Å²) in [5, 5.41) is 7.88. The fourth-order valence-electron chi connectivity index (χ4n) is 1.64. The fourth-order valence-corrected chi connectivity index (χ4v) is 3.32. The van der Waals surface area contributed by atoms with Crippen LogP contribution in [-0.4, -0.2) is 9.97 Å². The van der Waals surface area contributed by atoms with E-state index in [1.54, 1.807) is 22.7 Å². The van der Waals surface area contributed by atoms with Crippen molar-refractivity contribution in [3.8, 4) is 0 Å². The number of rotatable bonds is 5. The monoisotopic (exact) mass is 267 g/mol. The molecule has 0 spiro atoms. The highest BCUT2D eigenvalue weighted by Gasteiger charge is 2.12. The Morgan fingerprint density at radius 1 is 1.41 bits per heavy atom. The molecule has 0 saturated heterocycles. The SMILES string of the molecule is CCC(NCc1nc(C)c(C)s1)c1nccs1. The van der Waals surface area contributed by atoms with Crippen LogP contribution < -0.4 is 5.32 Å².